The van der Waals surface area contributed by atoms with Gasteiger partial charge in [-0.1, -0.05) is 54.1 Å². The van der Waals surface area contributed by atoms with Gasteiger partial charge in [0.1, 0.15) is 5.82 Å². The molecule has 5 nitrogen and oxygen atoms in total. The van der Waals surface area contributed by atoms with Crippen LogP contribution in [0.1, 0.15) is 15.9 Å². The number of nitrogens with one attached hydrogen (secondary N) is 2. The number of hydrazine groups is 1. The first-order valence-electron chi connectivity index (χ1n) is 8.22. The van der Waals surface area contributed by atoms with Crippen molar-refractivity contribution in [2.75, 3.05) is 0 Å². The molecule has 3 aromatic rings. The van der Waals surface area contributed by atoms with Crippen molar-refractivity contribution >= 4 is 27.5 Å². The number of amides is 1. The third kappa shape index (κ3) is 4.22. The normalized spacial score (nSPS) is 11.2. The Balaban J connectivity index is 1.87. The molecule has 0 unspecified atom stereocenters. The van der Waals surface area contributed by atoms with E-state index in [1.54, 1.807) is 13.0 Å². The molecule has 0 atom stereocenters. The van der Waals surface area contributed by atoms with Crippen LogP contribution in [0.3, 0.4) is 0 Å². The third-order valence-corrected chi connectivity index (χ3v) is 5.61. The number of benzene rings is 3. The van der Waals surface area contributed by atoms with Gasteiger partial charge in [0, 0.05) is 5.02 Å². The minimum atomic E-state index is -4.06. The lowest BCUT2D eigenvalue weighted by Gasteiger charge is -2.14. The van der Waals surface area contributed by atoms with Gasteiger partial charge in [-0.2, -0.15) is 0 Å². The van der Waals surface area contributed by atoms with Gasteiger partial charge in [-0.15, -0.1) is 4.83 Å². The number of hydrogen-bond donors (Lipinski definition) is 2. The molecule has 28 heavy (non-hydrogen) atoms. The van der Waals surface area contributed by atoms with Crippen molar-refractivity contribution in [1.29, 1.82) is 0 Å². The zero-order valence-electron chi connectivity index (χ0n) is 14.7. The molecule has 0 saturated heterocycles. The molecule has 144 valence electrons. The summed E-state index contributed by atoms with van der Waals surface area (Å²) in [4.78, 5) is 14.3. The molecular weight excluding hydrogens is 403 g/mol. The highest BCUT2D eigenvalue weighted by Gasteiger charge is 2.21. The molecule has 0 fully saturated rings. The van der Waals surface area contributed by atoms with Crippen molar-refractivity contribution < 1.29 is 17.6 Å². The van der Waals surface area contributed by atoms with Gasteiger partial charge >= 0.3 is 0 Å². The number of sulfonamides is 1. The predicted octanol–water partition coefficient (Wildman–Crippen LogP) is 4.08. The second-order valence-electron chi connectivity index (χ2n) is 5.98. The standard InChI is InChI=1S/C20H16ClFN2O3S/c1-13-17(14-6-3-2-4-7-14)10-11-18(22)19(13)20(25)23-24-28(26,27)16-9-5-8-15(21)12-16/h2-12,24H,1H3,(H,23,25). The fourth-order valence-corrected chi connectivity index (χ4v) is 3.90. The first-order valence-corrected chi connectivity index (χ1v) is 10.1. The van der Waals surface area contributed by atoms with E-state index in [9.17, 15) is 17.6 Å². The summed E-state index contributed by atoms with van der Waals surface area (Å²) in [5.41, 5.74) is 3.70. The molecule has 0 saturated carbocycles. The van der Waals surface area contributed by atoms with Gasteiger partial charge in [-0.3, -0.25) is 10.2 Å². The van der Waals surface area contributed by atoms with Gasteiger partial charge in [-0.05, 0) is 47.9 Å². The summed E-state index contributed by atoms with van der Waals surface area (Å²) in [6, 6.07) is 17.5. The van der Waals surface area contributed by atoms with Crippen molar-refractivity contribution in [3.63, 3.8) is 0 Å². The molecule has 0 aliphatic heterocycles. The van der Waals surface area contributed by atoms with Crippen LogP contribution in [0.25, 0.3) is 11.1 Å². The van der Waals surface area contributed by atoms with Crippen LogP contribution in [0.4, 0.5) is 4.39 Å². The van der Waals surface area contributed by atoms with E-state index in [1.807, 2.05) is 35.2 Å². The highest BCUT2D eigenvalue weighted by atomic mass is 35.5. The SMILES string of the molecule is Cc1c(-c2ccccc2)ccc(F)c1C(=O)NNS(=O)(=O)c1cccc(Cl)c1. The molecule has 2 N–H and O–H groups in total. The Hall–Kier alpha value is -2.74. The van der Waals surface area contributed by atoms with Crippen molar-refractivity contribution in [3.8, 4) is 11.1 Å². The number of hydrogen-bond acceptors (Lipinski definition) is 3. The molecule has 0 bridgehead atoms. The Bertz CT molecular complexity index is 1140. The molecule has 0 radical (unpaired) electrons. The maximum atomic E-state index is 14.3. The van der Waals surface area contributed by atoms with E-state index >= 15 is 0 Å². The second-order valence-corrected chi connectivity index (χ2v) is 8.10. The Labute approximate surface area is 167 Å². The highest BCUT2D eigenvalue weighted by Crippen LogP contribution is 2.27. The molecule has 3 rings (SSSR count). The average molecular weight is 419 g/mol. The van der Waals surface area contributed by atoms with Crippen LogP contribution >= 0.6 is 11.6 Å². The van der Waals surface area contributed by atoms with Crippen LogP contribution in [0, 0.1) is 12.7 Å². The molecule has 0 aromatic heterocycles. The van der Waals surface area contributed by atoms with E-state index in [-0.39, 0.29) is 15.5 Å². The van der Waals surface area contributed by atoms with E-state index in [4.69, 9.17) is 11.6 Å². The first-order chi connectivity index (χ1) is 13.3. The zero-order chi connectivity index (χ0) is 20.3. The minimum Gasteiger partial charge on any atom is -0.273 e. The van der Waals surface area contributed by atoms with Crippen molar-refractivity contribution in [3.05, 3.63) is 88.7 Å². The van der Waals surface area contributed by atoms with Crippen LogP contribution in [0.5, 0.6) is 0 Å². The summed E-state index contributed by atoms with van der Waals surface area (Å²) in [5.74, 6) is -1.66. The topological polar surface area (TPSA) is 75.3 Å². The number of carbonyl (C=O) groups is 1. The summed E-state index contributed by atoms with van der Waals surface area (Å²) in [6.07, 6.45) is 0. The van der Waals surface area contributed by atoms with Crippen LogP contribution < -0.4 is 10.3 Å². The largest absolute Gasteiger partial charge is 0.273 e. The summed E-state index contributed by atoms with van der Waals surface area (Å²) >= 11 is 5.80. The monoisotopic (exact) mass is 418 g/mol. The van der Waals surface area contributed by atoms with E-state index in [0.29, 0.717) is 11.1 Å². The fourth-order valence-electron chi connectivity index (χ4n) is 2.76. The molecule has 8 heteroatoms. The second kappa shape index (κ2) is 8.10. The van der Waals surface area contributed by atoms with Crippen molar-refractivity contribution in [1.82, 2.24) is 10.3 Å². The minimum absolute atomic E-state index is 0.129. The molecule has 3 aromatic carbocycles. The zero-order valence-corrected chi connectivity index (χ0v) is 16.3. The quantitative estimate of drug-likeness (QED) is 0.613. The summed E-state index contributed by atoms with van der Waals surface area (Å²) in [5, 5.41) is 0.228. The maximum absolute atomic E-state index is 14.3. The van der Waals surface area contributed by atoms with Crippen LogP contribution in [0.15, 0.2) is 71.6 Å². The number of halogens is 2. The Morgan fingerprint density at radius 1 is 1.00 bits per heavy atom. The molecular formula is C20H16ClFN2O3S. The van der Waals surface area contributed by atoms with E-state index < -0.39 is 21.7 Å². The Morgan fingerprint density at radius 2 is 1.71 bits per heavy atom. The maximum Gasteiger partial charge on any atom is 0.269 e. The summed E-state index contributed by atoms with van der Waals surface area (Å²) < 4.78 is 38.9. The van der Waals surface area contributed by atoms with Crippen molar-refractivity contribution in [2.45, 2.75) is 11.8 Å². The number of rotatable bonds is 5. The van der Waals surface area contributed by atoms with Gasteiger partial charge in [0.15, 0.2) is 0 Å². The van der Waals surface area contributed by atoms with E-state index in [2.05, 4.69) is 5.43 Å². The third-order valence-electron chi connectivity index (χ3n) is 4.13. The molecule has 0 aliphatic rings. The smallest absolute Gasteiger partial charge is 0.269 e. The predicted molar refractivity (Wildman–Crippen MR) is 106 cm³/mol. The van der Waals surface area contributed by atoms with E-state index in [0.717, 1.165) is 5.56 Å². The van der Waals surface area contributed by atoms with Gasteiger partial charge < -0.3 is 0 Å². The van der Waals surface area contributed by atoms with Gasteiger partial charge in [0.2, 0.25) is 0 Å². The van der Waals surface area contributed by atoms with Crippen molar-refractivity contribution in [2.24, 2.45) is 0 Å². The fraction of sp³-hybridized carbons (Fsp3) is 0.0500. The molecule has 1 amide bonds. The summed E-state index contributed by atoms with van der Waals surface area (Å²) in [6.45, 7) is 1.60. The average Bonchev–Trinajstić information content (AvgIpc) is 2.67. The highest BCUT2D eigenvalue weighted by molar-refractivity contribution is 7.89. The lowest BCUT2D eigenvalue weighted by molar-refractivity contribution is 0.0940. The van der Waals surface area contributed by atoms with Crippen LogP contribution in [-0.2, 0) is 10.0 Å². The van der Waals surface area contributed by atoms with E-state index in [1.165, 1.54) is 30.3 Å². The van der Waals surface area contributed by atoms with Crippen LogP contribution in [-0.4, -0.2) is 14.3 Å². The molecule has 0 spiro atoms. The number of carbonyl (C=O) groups excluding carboxylic acids is 1. The van der Waals surface area contributed by atoms with Crippen LogP contribution in [0.2, 0.25) is 5.02 Å². The molecule has 0 heterocycles. The summed E-state index contributed by atoms with van der Waals surface area (Å²) in [7, 11) is -4.06. The van der Waals surface area contributed by atoms with Gasteiger partial charge in [0.05, 0.1) is 10.5 Å². The van der Waals surface area contributed by atoms with Gasteiger partial charge in [0.25, 0.3) is 15.9 Å². The lowest BCUT2D eigenvalue weighted by atomic mass is 9.96. The lowest BCUT2D eigenvalue weighted by Crippen LogP contribution is -2.42. The Morgan fingerprint density at radius 3 is 2.39 bits per heavy atom. The van der Waals surface area contributed by atoms with Gasteiger partial charge in [-0.25, -0.2) is 12.8 Å². The molecule has 0 aliphatic carbocycles. The first kappa shape index (κ1) is 20.0. The Kier molecular flexibility index (Phi) is 5.79.